The number of benzene rings is 2. The zero-order chi connectivity index (χ0) is 15.1. The van der Waals surface area contributed by atoms with Gasteiger partial charge in [-0.05, 0) is 59.0 Å². The van der Waals surface area contributed by atoms with Crippen molar-refractivity contribution in [1.82, 2.24) is 15.4 Å². The number of nitrogens with one attached hydrogen (secondary N) is 3. The lowest BCUT2D eigenvalue weighted by Crippen LogP contribution is -2.05. The van der Waals surface area contributed by atoms with Crippen molar-refractivity contribution >= 4 is 56.5 Å². The highest BCUT2D eigenvalue weighted by atomic mass is 127. The summed E-state index contributed by atoms with van der Waals surface area (Å²) in [6.07, 6.45) is 1.72. The average Bonchev–Trinajstić information content (AvgIpc) is 3.08. The Morgan fingerprint density at radius 3 is 3.00 bits per heavy atom. The van der Waals surface area contributed by atoms with Crippen molar-refractivity contribution in [2.45, 2.75) is 0 Å². The van der Waals surface area contributed by atoms with E-state index in [0.29, 0.717) is 5.57 Å². The Morgan fingerprint density at radius 2 is 2.09 bits per heavy atom. The molecule has 7 heteroatoms. The maximum atomic E-state index is 12.1. The molecule has 6 nitrogen and oxygen atoms in total. The minimum atomic E-state index is -0.103. The normalized spacial score (nSPS) is 15.1. The highest BCUT2D eigenvalue weighted by molar-refractivity contribution is 14.1. The highest BCUT2D eigenvalue weighted by Crippen LogP contribution is 2.32. The van der Waals surface area contributed by atoms with Gasteiger partial charge in [-0.3, -0.25) is 9.89 Å². The van der Waals surface area contributed by atoms with E-state index in [-0.39, 0.29) is 5.91 Å². The number of aromatic amines is 1. The zero-order valence-corrected chi connectivity index (χ0v) is 13.4. The number of amides is 1. The number of hydrogen-bond donors (Lipinski definition) is 3. The van der Waals surface area contributed by atoms with Gasteiger partial charge in [0.2, 0.25) is 0 Å². The van der Waals surface area contributed by atoms with E-state index in [4.69, 9.17) is 0 Å². The molecule has 2 aromatic carbocycles. The van der Waals surface area contributed by atoms with Crippen molar-refractivity contribution in [3.63, 3.8) is 0 Å². The van der Waals surface area contributed by atoms with Gasteiger partial charge in [0.1, 0.15) is 5.52 Å². The van der Waals surface area contributed by atoms with Gasteiger partial charge in [-0.2, -0.15) is 0 Å². The number of carbonyl (C=O) groups is 1. The molecule has 2 heterocycles. The number of H-pyrrole nitrogens is 1. The van der Waals surface area contributed by atoms with Gasteiger partial charge in [0.15, 0.2) is 0 Å². The maximum Gasteiger partial charge on any atom is 0.257 e. The Bertz CT molecular complexity index is 931. The number of nitrogens with zero attached hydrogens (tertiary/aromatic N) is 2. The Morgan fingerprint density at radius 1 is 1.18 bits per heavy atom. The number of halogens is 1. The molecule has 0 unspecified atom stereocenters. The van der Waals surface area contributed by atoms with Crippen LogP contribution in [0.4, 0.5) is 11.4 Å². The van der Waals surface area contributed by atoms with Crippen molar-refractivity contribution in [1.29, 1.82) is 0 Å². The molecule has 1 aliphatic rings. The minimum Gasteiger partial charge on any atom is -0.361 e. The first-order valence-electron chi connectivity index (χ1n) is 6.59. The molecule has 0 saturated heterocycles. The predicted octanol–water partition coefficient (Wildman–Crippen LogP) is 2.97. The first kappa shape index (κ1) is 13.3. The molecule has 1 aliphatic heterocycles. The van der Waals surface area contributed by atoms with Crippen molar-refractivity contribution in [2.24, 2.45) is 0 Å². The molecule has 0 bridgehead atoms. The Labute approximate surface area is 139 Å². The Balaban J connectivity index is 1.68. The zero-order valence-electron chi connectivity index (χ0n) is 11.2. The summed E-state index contributed by atoms with van der Waals surface area (Å²) in [5, 5.41) is 16.5. The SMILES string of the molecule is O=C1Nc2ccc(I)cc2/C1=C\Nc1ccc2nn[nH]c2c1. The summed E-state index contributed by atoms with van der Waals surface area (Å²) in [4.78, 5) is 12.1. The Kier molecular flexibility index (Phi) is 3.07. The maximum absolute atomic E-state index is 12.1. The number of aromatic nitrogens is 3. The van der Waals surface area contributed by atoms with Crippen LogP contribution in [0.25, 0.3) is 16.6 Å². The third-order valence-corrected chi connectivity index (χ3v) is 4.14. The van der Waals surface area contributed by atoms with Crippen LogP contribution in [0.15, 0.2) is 42.6 Å². The molecule has 4 rings (SSSR count). The van der Waals surface area contributed by atoms with Gasteiger partial charge in [-0.15, -0.1) is 5.10 Å². The molecule has 0 aliphatic carbocycles. The van der Waals surface area contributed by atoms with Gasteiger partial charge in [0.25, 0.3) is 5.91 Å². The molecule has 0 atom stereocenters. The summed E-state index contributed by atoms with van der Waals surface area (Å²) < 4.78 is 1.09. The minimum absolute atomic E-state index is 0.103. The predicted molar refractivity (Wildman–Crippen MR) is 93.3 cm³/mol. The monoisotopic (exact) mass is 403 g/mol. The second-order valence-electron chi connectivity index (χ2n) is 4.89. The van der Waals surface area contributed by atoms with E-state index in [2.05, 4.69) is 48.6 Å². The topological polar surface area (TPSA) is 82.7 Å². The van der Waals surface area contributed by atoms with Crippen LogP contribution in [0.5, 0.6) is 0 Å². The molecule has 0 saturated carbocycles. The number of carbonyl (C=O) groups excluding carboxylic acids is 1. The van der Waals surface area contributed by atoms with E-state index >= 15 is 0 Å². The molecular formula is C15H10IN5O. The summed E-state index contributed by atoms with van der Waals surface area (Å²) in [5.74, 6) is -0.103. The van der Waals surface area contributed by atoms with Crippen molar-refractivity contribution < 1.29 is 4.79 Å². The fourth-order valence-corrected chi connectivity index (χ4v) is 2.89. The molecule has 3 aromatic rings. The summed E-state index contributed by atoms with van der Waals surface area (Å²) in [6.45, 7) is 0. The standard InChI is InChI=1S/C15H10IN5O/c16-8-1-3-12-10(5-8)11(15(22)18-12)7-17-9-2-4-13-14(6-9)20-21-19-13/h1-7,17H,(H,18,22)(H,19,20,21)/b11-7+. The van der Waals surface area contributed by atoms with Gasteiger partial charge in [0, 0.05) is 26.7 Å². The van der Waals surface area contributed by atoms with Crippen LogP contribution in [-0.2, 0) is 4.79 Å². The highest BCUT2D eigenvalue weighted by Gasteiger charge is 2.24. The van der Waals surface area contributed by atoms with Crippen molar-refractivity contribution in [3.8, 4) is 0 Å². The van der Waals surface area contributed by atoms with Gasteiger partial charge in [-0.1, -0.05) is 5.21 Å². The summed E-state index contributed by atoms with van der Waals surface area (Å²) >= 11 is 2.23. The smallest absolute Gasteiger partial charge is 0.257 e. The fourth-order valence-electron chi connectivity index (χ4n) is 2.39. The summed E-state index contributed by atoms with van der Waals surface area (Å²) in [6, 6.07) is 11.5. The van der Waals surface area contributed by atoms with Crippen LogP contribution in [-0.4, -0.2) is 21.3 Å². The van der Waals surface area contributed by atoms with Crippen LogP contribution in [0, 0.1) is 3.57 Å². The second-order valence-corrected chi connectivity index (χ2v) is 6.14. The van der Waals surface area contributed by atoms with Crippen LogP contribution in [0.3, 0.4) is 0 Å². The first-order valence-corrected chi connectivity index (χ1v) is 7.67. The second kappa shape index (κ2) is 5.09. The van der Waals surface area contributed by atoms with Gasteiger partial charge in [-0.25, -0.2) is 0 Å². The number of fused-ring (bicyclic) bond motifs is 2. The van der Waals surface area contributed by atoms with Crippen LogP contribution in [0.2, 0.25) is 0 Å². The molecule has 1 aromatic heterocycles. The van der Waals surface area contributed by atoms with E-state index in [1.807, 2.05) is 36.4 Å². The lowest BCUT2D eigenvalue weighted by atomic mass is 10.1. The number of anilines is 2. The molecule has 3 N–H and O–H groups in total. The van der Waals surface area contributed by atoms with Gasteiger partial charge < -0.3 is 10.6 Å². The number of hydrogen-bond acceptors (Lipinski definition) is 4. The quantitative estimate of drug-likeness (QED) is 0.454. The first-order chi connectivity index (χ1) is 10.7. The van der Waals surface area contributed by atoms with Crippen LogP contribution >= 0.6 is 22.6 Å². The van der Waals surface area contributed by atoms with E-state index in [1.165, 1.54) is 0 Å². The third-order valence-electron chi connectivity index (χ3n) is 3.47. The fraction of sp³-hybridized carbons (Fsp3) is 0. The Hall–Kier alpha value is -2.42. The largest absolute Gasteiger partial charge is 0.361 e. The summed E-state index contributed by atoms with van der Waals surface area (Å²) in [5.41, 5.74) is 4.88. The molecule has 0 radical (unpaired) electrons. The van der Waals surface area contributed by atoms with E-state index in [1.54, 1.807) is 6.20 Å². The molecular weight excluding hydrogens is 393 g/mol. The molecule has 0 spiro atoms. The molecule has 22 heavy (non-hydrogen) atoms. The van der Waals surface area contributed by atoms with E-state index in [9.17, 15) is 4.79 Å². The van der Waals surface area contributed by atoms with Crippen LogP contribution in [0.1, 0.15) is 5.56 Å². The third kappa shape index (κ3) is 2.23. The average molecular weight is 403 g/mol. The van der Waals surface area contributed by atoms with Crippen LogP contribution < -0.4 is 10.6 Å². The van der Waals surface area contributed by atoms with E-state index in [0.717, 1.165) is 31.5 Å². The van der Waals surface area contributed by atoms with Crippen molar-refractivity contribution in [2.75, 3.05) is 10.6 Å². The van der Waals surface area contributed by atoms with Gasteiger partial charge in [0.05, 0.1) is 11.1 Å². The molecule has 108 valence electrons. The molecule has 0 fully saturated rings. The lowest BCUT2D eigenvalue weighted by Gasteiger charge is -2.03. The summed E-state index contributed by atoms with van der Waals surface area (Å²) in [7, 11) is 0. The van der Waals surface area contributed by atoms with Crippen molar-refractivity contribution in [3.05, 3.63) is 51.7 Å². The molecule has 1 amide bonds. The van der Waals surface area contributed by atoms with Gasteiger partial charge >= 0.3 is 0 Å². The van der Waals surface area contributed by atoms with E-state index < -0.39 is 0 Å². The number of rotatable bonds is 2. The lowest BCUT2D eigenvalue weighted by molar-refractivity contribution is -0.110.